The number of benzene rings is 1. The number of methoxy groups -OCH3 is 1. The van der Waals surface area contributed by atoms with Gasteiger partial charge in [0.1, 0.15) is 0 Å². The summed E-state index contributed by atoms with van der Waals surface area (Å²) >= 11 is 0. The van der Waals surface area contributed by atoms with Crippen molar-refractivity contribution < 1.29 is 19.4 Å². The fraction of sp³-hybridized carbons (Fsp3) is 0.556. The lowest BCUT2D eigenvalue weighted by atomic mass is 10.0. The van der Waals surface area contributed by atoms with Gasteiger partial charge in [-0.2, -0.15) is 0 Å². The average molecular weight is 315 g/mol. The van der Waals surface area contributed by atoms with Gasteiger partial charge in [-0.05, 0) is 66.7 Å². The van der Waals surface area contributed by atoms with Crippen molar-refractivity contribution >= 4 is 17.6 Å². The van der Waals surface area contributed by atoms with Gasteiger partial charge in [0.05, 0.1) is 12.2 Å². The molecule has 0 radical (unpaired) electrons. The topological polar surface area (TPSA) is 75.6 Å². The third kappa shape index (κ3) is 2.43. The summed E-state index contributed by atoms with van der Waals surface area (Å²) in [5, 5.41) is 12.2. The zero-order chi connectivity index (χ0) is 16.1. The third-order valence-electron chi connectivity index (χ3n) is 5.86. The Morgan fingerprint density at radius 1 is 1.22 bits per heavy atom. The first-order valence-corrected chi connectivity index (χ1v) is 8.25. The van der Waals surface area contributed by atoms with Gasteiger partial charge < -0.3 is 15.2 Å². The Kier molecular flexibility index (Phi) is 3.41. The number of nitrogens with one attached hydrogen (secondary N) is 1. The quantitative estimate of drug-likeness (QED) is 0.876. The number of hydrogen-bond acceptors (Lipinski definition) is 3. The van der Waals surface area contributed by atoms with E-state index in [0.717, 1.165) is 17.4 Å². The molecule has 1 aromatic rings. The molecule has 4 unspecified atom stereocenters. The number of hydrogen-bond donors (Lipinski definition) is 2. The number of ether oxygens (including phenoxy) is 1. The molecule has 5 nitrogen and oxygen atoms in total. The Balaban J connectivity index is 1.50. The van der Waals surface area contributed by atoms with Gasteiger partial charge in [0.25, 0.3) is 0 Å². The van der Waals surface area contributed by atoms with Crippen LogP contribution in [0.2, 0.25) is 0 Å². The summed E-state index contributed by atoms with van der Waals surface area (Å²) in [6, 6.07) is 4.89. The first-order valence-electron chi connectivity index (χ1n) is 8.25. The number of fused-ring (bicyclic) bond motifs is 5. The number of carboxylic acid groups (broad SMARTS) is 1. The van der Waals surface area contributed by atoms with E-state index in [4.69, 9.17) is 4.74 Å². The van der Waals surface area contributed by atoms with Gasteiger partial charge in [0.15, 0.2) is 0 Å². The van der Waals surface area contributed by atoms with Crippen LogP contribution in [-0.2, 0) is 16.1 Å². The molecule has 0 spiro atoms. The van der Waals surface area contributed by atoms with Crippen LogP contribution < -0.4 is 5.32 Å². The standard InChI is InChI=1S/C18H21NO4/c1-23-8-9-4-12(18(21)22)7-13(5-9)19-17(20)16-14-10-2-3-11(6-10)15(14)16/h4-5,7,10-11,14-16H,2-3,6,8H2,1H3,(H,19,20)(H,21,22). The maximum absolute atomic E-state index is 12.6. The molecule has 0 aromatic heterocycles. The van der Waals surface area contributed by atoms with E-state index in [2.05, 4.69) is 5.32 Å². The fourth-order valence-electron chi connectivity index (χ4n) is 5.04. The first-order chi connectivity index (χ1) is 11.1. The normalized spacial score (nSPS) is 33.3. The summed E-state index contributed by atoms with van der Waals surface area (Å²) in [6.45, 7) is 0.322. The van der Waals surface area contributed by atoms with Crippen molar-refractivity contribution in [1.29, 1.82) is 0 Å². The van der Waals surface area contributed by atoms with Crippen LogP contribution >= 0.6 is 0 Å². The van der Waals surface area contributed by atoms with Gasteiger partial charge in [-0.25, -0.2) is 4.79 Å². The summed E-state index contributed by atoms with van der Waals surface area (Å²) in [4.78, 5) is 23.8. The molecular formula is C18H21NO4. The first kappa shape index (κ1) is 14.7. The molecule has 3 fully saturated rings. The molecule has 0 aliphatic heterocycles. The van der Waals surface area contributed by atoms with E-state index >= 15 is 0 Å². The van der Waals surface area contributed by atoms with Crippen LogP contribution in [0.3, 0.4) is 0 Å². The molecule has 2 bridgehead atoms. The second-order valence-electron chi connectivity index (χ2n) is 7.16. The fourth-order valence-corrected chi connectivity index (χ4v) is 5.04. The van der Waals surface area contributed by atoms with Crippen LogP contribution in [0.15, 0.2) is 18.2 Å². The smallest absolute Gasteiger partial charge is 0.335 e. The number of anilines is 1. The summed E-state index contributed by atoms with van der Waals surface area (Å²) < 4.78 is 5.07. The second-order valence-corrected chi connectivity index (χ2v) is 7.16. The maximum atomic E-state index is 12.6. The van der Waals surface area contributed by atoms with E-state index in [1.54, 1.807) is 19.2 Å². The number of carbonyl (C=O) groups excluding carboxylic acids is 1. The van der Waals surface area contributed by atoms with Gasteiger partial charge in [0, 0.05) is 18.7 Å². The predicted molar refractivity (Wildman–Crippen MR) is 84.0 cm³/mol. The molecule has 4 rings (SSSR count). The minimum atomic E-state index is -1.00. The number of carbonyl (C=O) groups is 2. The van der Waals surface area contributed by atoms with E-state index in [-0.39, 0.29) is 17.4 Å². The van der Waals surface area contributed by atoms with Crippen LogP contribution in [-0.4, -0.2) is 24.1 Å². The van der Waals surface area contributed by atoms with Crippen molar-refractivity contribution in [2.75, 3.05) is 12.4 Å². The predicted octanol–water partition coefficient (Wildman–Crippen LogP) is 2.76. The van der Waals surface area contributed by atoms with Crippen LogP contribution in [0.25, 0.3) is 0 Å². The lowest BCUT2D eigenvalue weighted by Crippen LogP contribution is -2.19. The maximum Gasteiger partial charge on any atom is 0.335 e. The largest absolute Gasteiger partial charge is 0.478 e. The Morgan fingerprint density at radius 3 is 2.52 bits per heavy atom. The van der Waals surface area contributed by atoms with Crippen molar-refractivity contribution in [3.8, 4) is 0 Å². The monoisotopic (exact) mass is 315 g/mol. The molecule has 0 heterocycles. The Bertz CT molecular complexity index is 655. The molecule has 1 amide bonds. The van der Waals surface area contributed by atoms with Crippen LogP contribution in [0.4, 0.5) is 5.69 Å². The highest BCUT2D eigenvalue weighted by atomic mass is 16.5. The number of aromatic carboxylic acids is 1. The van der Waals surface area contributed by atoms with Crippen LogP contribution in [0, 0.1) is 29.6 Å². The van der Waals surface area contributed by atoms with E-state index in [0.29, 0.717) is 24.1 Å². The molecule has 3 saturated carbocycles. The lowest BCUT2D eigenvalue weighted by molar-refractivity contribution is -0.118. The number of rotatable bonds is 5. The van der Waals surface area contributed by atoms with E-state index < -0.39 is 5.97 Å². The van der Waals surface area contributed by atoms with Gasteiger partial charge >= 0.3 is 5.97 Å². The lowest BCUT2D eigenvalue weighted by Gasteiger charge is -2.11. The van der Waals surface area contributed by atoms with Crippen molar-refractivity contribution in [3.05, 3.63) is 29.3 Å². The summed E-state index contributed by atoms with van der Waals surface area (Å²) in [6.07, 6.45) is 3.87. The minimum Gasteiger partial charge on any atom is -0.478 e. The molecule has 4 atom stereocenters. The highest BCUT2D eigenvalue weighted by molar-refractivity contribution is 5.97. The molecule has 2 N–H and O–H groups in total. The van der Waals surface area contributed by atoms with Crippen molar-refractivity contribution in [2.45, 2.75) is 25.9 Å². The molecular weight excluding hydrogens is 294 g/mol. The Hall–Kier alpha value is -1.88. The molecule has 1 aromatic carbocycles. The third-order valence-corrected chi connectivity index (χ3v) is 5.86. The molecule has 23 heavy (non-hydrogen) atoms. The molecule has 122 valence electrons. The van der Waals surface area contributed by atoms with E-state index in [9.17, 15) is 14.7 Å². The number of carboxylic acids is 1. The van der Waals surface area contributed by atoms with E-state index in [1.165, 1.54) is 25.3 Å². The Labute approximate surface area is 135 Å². The summed E-state index contributed by atoms with van der Waals surface area (Å²) in [5.41, 5.74) is 1.48. The summed E-state index contributed by atoms with van der Waals surface area (Å²) in [7, 11) is 1.56. The highest BCUT2D eigenvalue weighted by Crippen LogP contribution is 2.69. The minimum absolute atomic E-state index is 0.0579. The van der Waals surface area contributed by atoms with Gasteiger partial charge in [-0.3, -0.25) is 4.79 Å². The van der Waals surface area contributed by atoms with E-state index in [1.807, 2.05) is 0 Å². The molecule has 3 aliphatic rings. The van der Waals surface area contributed by atoms with Crippen molar-refractivity contribution in [2.24, 2.45) is 29.6 Å². The van der Waals surface area contributed by atoms with Gasteiger partial charge in [-0.1, -0.05) is 0 Å². The number of amides is 1. The molecule has 0 saturated heterocycles. The Morgan fingerprint density at radius 2 is 1.91 bits per heavy atom. The molecule has 3 aliphatic carbocycles. The van der Waals surface area contributed by atoms with Crippen LogP contribution in [0.1, 0.15) is 35.2 Å². The van der Waals surface area contributed by atoms with Crippen molar-refractivity contribution in [1.82, 2.24) is 0 Å². The summed E-state index contributed by atoms with van der Waals surface area (Å²) in [5.74, 6) is 1.85. The molecule has 5 heteroatoms. The zero-order valence-corrected chi connectivity index (χ0v) is 13.1. The highest BCUT2D eigenvalue weighted by Gasteiger charge is 2.67. The van der Waals surface area contributed by atoms with Crippen molar-refractivity contribution in [3.63, 3.8) is 0 Å². The van der Waals surface area contributed by atoms with Crippen LogP contribution in [0.5, 0.6) is 0 Å². The average Bonchev–Trinajstić information content (AvgIpc) is 2.96. The SMILES string of the molecule is COCc1cc(NC(=O)C2C3C4CCC(C4)C23)cc(C(=O)O)c1. The van der Waals surface area contributed by atoms with Gasteiger partial charge in [0.2, 0.25) is 5.91 Å². The zero-order valence-electron chi connectivity index (χ0n) is 13.1. The second kappa shape index (κ2) is 5.34. The van der Waals surface area contributed by atoms with Gasteiger partial charge in [-0.15, -0.1) is 0 Å².